The maximum Gasteiger partial charge on any atom is 0.298 e. The van der Waals surface area contributed by atoms with Gasteiger partial charge in [0.05, 0.1) is 12.1 Å². The Bertz CT molecular complexity index is 1160. The predicted molar refractivity (Wildman–Crippen MR) is 121 cm³/mol. The minimum atomic E-state index is -2.71. The normalized spacial score (nSPS) is 13.5. The lowest BCUT2D eigenvalue weighted by molar-refractivity contribution is -0.116. The zero-order valence-electron chi connectivity index (χ0n) is 18.0. The van der Waals surface area contributed by atoms with Crippen molar-refractivity contribution in [1.82, 2.24) is 9.36 Å². The van der Waals surface area contributed by atoms with Gasteiger partial charge in [0.15, 0.2) is 0 Å². The number of anilines is 2. The second kappa shape index (κ2) is 8.55. The summed E-state index contributed by atoms with van der Waals surface area (Å²) in [6, 6.07) is 11.1. The van der Waals surface area contributed by atoms with Gasteiger partial charge in [-0.1, -0.05) is 24.3 Å². The Hall–Kier alpha value is -2.91. The van der Waals surface area contributed by atoms with Gasteiger partial charge in [0.2, 0.25) is 11.7 Å². The van der Waals surface area contributed by atoms with Crippen molar-refractivity contribution in [3.8, 4) is 10.6 Å². The first kappa shape index (κ1) is 22.3. The molecule has 2 aromatic carbocycles. The Kier molecular flexibility index (Phi) is 5.96. The monoisotopic (exact) mass is 458 g/mol. The Balaban J connectivity index is 1.50. The Morgan fingerprint density at radius 1 is 1.31 bits per heavy atom. The first-order valence-electron chi connectivity index (χ1n) is 10.3. The average molecular weight is 459 g/mol. The molecule has 1 aliphatic heterocycles. The number of amides is 1. The lowest BCUT2D eigenvalue weighted by Crippen LogP contribution is -2.34. The van der Waals surface area contributed by atoms with E-state index in [4.69, 9.17) is 0 Å². The fourth-order valence-corrected chi connectivity index (χ4v) is 4.59. The van der Waals surface area contributed by atoms with Crippen LogP contribution in [0.1, 0.15) is 42.8 Å². The third kappa shape index (κ3) is 4.35. The van der Waals surface area contributed by atoms with Crippen molar-refractivity contribution < 1.29 is 18.7 Å². The molecule has 1 amide bonds. The van der Waals surface area contributed by atoms with E-state index in [1.807, 2.05) is 31.2 Å². The molecule has 6 nitrogen and oxygen atoms in total. The molecule has 0 radical (unpaired) electrons. The standard InChI is InChI=1S/C23H24F2N4O2S/c1-13-7-8-14(22-27-21(20(24)25)28-32-22)11-17(13)26-12-19(30)29-10-9-15-16(23(2,3)31)5-4-6-18(15)29/h4-8,11,20,26,31H,9-10,12H2,1-3H3. The molecule has 1 aliphatic rings. The minimum absolute atomic E-state index is 0.0783. The molecule has 32 heavy (non-hydrogen) atoms. The van der Waals surface area contributed by atoms with E-state index in [-0.39, 0.29) is 12.5 Å². The van der Waals surface area contributed by atoms with E-state index in [1.165, 1.54) is 0 Å². The molecule has 0 fully saturated rings. The van der Waals surface area contributed by atoms with Crippen molar-refractivity contribution in [3.05, 3.63) is 58.9 Å². The molecule has 4 rings (SSSR count). The Morgan fingerprint density at radius 3 is 2.78 bits per heavy atom. The van der Waals surface area contributed by atoms with Crippen molar-refractivity contribution in [1.29, 1.82) is 0 Å². The molecule has 0 saturated heterocycles. The predicted octanol–water partition coefficient (Wildman–Crippen LogP) is 4.68. The van der Waals surface area contributed by atoms with Gasteiger partial charge in [-0.2, -0.15) is 4.37 Å². The number of rotatable bonds is 6. The van der Waals surface area contributed by atoms with E-state index in [9.17, 15) is 18.7 Å². The fourth-order valence-electron chi connectivity index (χ4n) is 3.92. The second-order valence-corrected chi connectivity index (χ2v) is 9.05. The third-order valence-corrected chi connectivity index (χ3v) is 6.32. The van der Waals surface area contributed by atoms with Gasteiger partial charge in [0.25, 0.3) is 6.43 Å². The first-order chi connectivity index (χ1) is 15.1. The van der Waals surface area contributed by atoms with Crippen LogP contribution in [0.4, 0.5) is 20.2 Å². The molecular formula is C23H24F2N4O2S. The van der Waals surface area contributed by atoms with Gasteiger partial charge in [-0.15, -0.1) is 0 Å². The number of hydrogen-bond acceptors (Lipinski definition) is 6. The minimum Gasteiger partial charge on any atom is -0.386 e. The maximum absolute atomic E-state index is 13.0. The van der Waals surface area contributed by atoms with Crippen LogP contribution in [0.2, 0.25) is 0 Å². The molecule has 0 bridgehead atoms. The molecule has 9 heteroatoms. The number of fused-ring (bicyclic) bond motifs is 1. The van der Waals surface area contributed by atoms with Crippen molar-refractivity contribution in [3.63, 3.8) is 0 Å². The van der Waals surface area contributed by atoms with Crippen LogP contribution in [-0.2, 0) is 16.8 Å². The summed E-state index contributed by atoms with van der Waals surface area (Å²) in [5.41, 5.74) is 4.00. The number of aliphatic hydroxyl groups is 1. The summed E-state index contributed by atoms with van der Waals surface area (Å²) in [5, 5.41) is 14.0. The number of aryl methyl sites for hydroxylation is 1. The number of hydrogen-bond donors (Lipinski definition) is 2. The lowest BCUT2D eigenvalue weighted by Gasteiger charge is -2.23. The average Bonchev–Trinajstić information content (AvgIpc) is 3.39. The number of halogens is 2. The number of benzene rings is 2. The van der Waals surface area contributed by atoms with Gasteiger partial charge >= 0.3 is 0 Å². The molecule has 0 atom stereocenters. The van der Waals surface area contributed by atoms with Crippen LogP contribution >= 0.6 is 11.5 Å². The van der Waals surface area contributed by atoms with Gasteiger partial charge in [-0.25, -0.2) is 13.8 Å². The molecule has 1 aromatic heterocycles. The van der Waals surface area contributed by atoms with Crippen LogP contribution in [0, 0.1) is 6.92 Å². The largest absolute Gasteiger partial charge is 0.386 e. The highest BCUT2D eigenvalue weighted by Crippen LogP contribution is 2.36. The van der Waals surface area contributed by atoms with Crippen LogP contribution in [0.5, 0.6) is 0 Å². The van der Waals surface area contributed by atoms with Crippen LogP contribution in [-0.4, -0.2) is 33.5 Å². The smallest absolute Gasteiger partial charge is 0.298 e. The van der Waals surface area contributed by atoms with Crippen molar-refractivity contribution in [2.24, 2.45) is 0 Å². The second-order valence-electron chi connectivity index (χ2n) is 8.30. The highest BCUT2D eigenvalue weighted by atomic mass is 32.1. The van der Waals surface area contributed by atoms with Crippen LogP contribution in [0.3, 0.4) is 0 Å². The Labute approximate surface area is 189 Å². The van der Waals surface area contributed by atoms with E-state index < -0.39 is 17.9 Å². The SMILES string of the molecule is Cc1ccc(-c2nc(C(F)F)ns2)cc1NCC(=O)N1CCc2c1cccc2C(C)(C)O. The van der Waals surface area contributed by atoms with Crippen LogP contribution in [0.15, 0.2) is 36.4 Å². The van der Waals surface area contributed by atoms with Gasteiger partial charge in [0, 0.05) is 23.5 Å². The van der Waals surface area contributed by atoms with Gasteiger partial charge in [0.1, 0.15) is 5.01 Å². The van der Waals surface area contributed by atoms with E-state index in [2.05, 4.69) is 14.7 Å². The molecule has 0 aliphatic carbocycles. The maximum atomic E-state index is 13.0. The number of aromatic nitrogens is 2. The molecule has 168 valence electrons. The van der Waals surface area contributed by atoms with Crippen molar-refractivity contribution in [2.45, 2.75) is 39.2 Å². The molecule has 0 unspecified atom stereocenters. The number of nitrogens with zero attached hydrogens (tertiary/aromatic N) is 3. The van der Waals surface area contributed by atoms with Crippen molar-refractivity contribution >= 4 is 28.8 Å². The third-order valence-electron chi connectivity index (χ3n) is 5.54. The van der Waals surface area contributed by atoms with E-state index >= 15 is 0 Å². The zero-order valence-corrected chi connectivity index (χ0v) is 18.8. The Morgan fingerprint density at radius 2 is 2.09 bits per heavy atom. The van der Waals surface area contributed by atoms with E-state index in [0.29, 0.717) is 23.5 Å². The fraction of sp³-hybridized carbons (Fsp3) is 0.348. The van der Waals surface area contributed by atoms with Crippen LogP contribution in [0.25, 0.3) is 10.6 Å². The summed E-state index contributed by atoms with van der Waals surface area (Å²) in [4.78, 5) is 18.6. The zero-order chi connectivity index (χ0) is 23.0. The van der Waals surface area contributed by atoms with Gasteiger partial charge < -0.3 is 15.3 Å². The molecule has 3 aromatic rings. The van der Waals surface area contributed by atoms with E-state index in [1.54, 1.807) is 30.9 Å². The number of carbonyl (C=O) groups is 1. The quantitative estimate of drug-likeness (QED) is 0.561. The van der Waals surface area contributed by atoms with E-state index in [0.717, 1.165) is 39.6 Å². The summed E-state index contributed by atoms with van der Waals surface area (Å²) < 4.78 is 29.3. The highest BCUT2D eigenvalue weighted by Gasteiger charge is 2.30. The number of nitrogens with one attached hydrogen (secondary N) is 1. The number of alkyl halides is 2. The molecular weight excluding hydrogens is 434 g/mol. The first-order valence-corrected chi connectivity index (χ1v) is 11.0. The number of carbonyl (C=O) groups excluding carboxylic acids is 1. The van der Waals surface area contributed by atoms with Gasteiger partial charge in [-0.3, -0.25) is 4.79 Å². The molecule has 0 saturated carbocycles. The molecule has 0 spiro atoms. The highest BCUT2D eigenvalue weighted by molar-refractivity contribution is 7.09. The molecule has 2 heterocycles. The summed E-state index contributed by atoms with van der Waals surface area (Å²) in [5.74, 6) is -0.564. The van der Waals surface area contributed by atoms with Crippen LogP contribution < -0.4 is 10.2 Å². The lowest BCUT2D eigenvalue weighted by atomic mass is 9.92. The summed E-state index contributed by atoms with van der Waals surface area (Å²) >= 11 is 0.921. The summed E-state index contributed by atoms with van der Waals surface area (Å²) in [7, 11) is 0. The topological polar surface area (TPSA) is 78.4 Å². The van der Waals surface area contributed by atoms with Crippen molar-refractivity contribution in [2.75, 3.05) is 23.3 Å². The molecule has 2 N–H and O–H groups in total. The summed E-state index contributed by atoms with van der Waals surface area (Å²) in [6.07, 6.45) is -2.01. The van der Waals surface area contributed by atoms with Gasteiger partial charge in [-0.05, 0) is 67.5 Å². The summed E-state index contributed by atoms with van der Waals surface area (Å²) in [6.45, 7) is 6.03.